The van der Waals surface area contributed by atoms with Crippen LogP contribution in [0.15, 0.2) is 12.1 Å². The van der Waals surface area contributed by atoms with Gasteiger partial charge in [-0.3, -0.25) is 0 Å². The molecule has 0 saturated carbocycles. The van der Waals surface area contributed by atoms with E-state index in [-0.39, 0.29) is 0 Å². The van der Waals surface area contributed by atoms with Crippen molar-refractivity contribution in [2.45, 2.75) is 6.61 Å². The zero-order chi connectivity index (χ0) is 14.8. The summed E-state index contributed by atoms with van der Waals surface area (Å²) in [6.07, 6.45) is 0. The highest BCUT2D eigenvalue weighted by Crippen LogP contribution is 2.38. The van der Waals surface area contributed by atoms with E-state index in [4.69, 9.17) is 29.4 Å². The molecule has 0 aliphatic heterocycles. The molecule has 0 aliphatic carbocycles. The molecule has 2 N–H and O–H groups in total. The lowest BCUT2D eigenvalue weighted by atomic mass is 10.2. The fraction of sp³-hybridized carbons (Fsp3) is 0.571. The van der Waals surface area contributed by atoms with E-state index in [9.17, 15) is 0 Å². The van der Waals surface area contributed by atoms with Gasteiger partial charge in [-0.2, -0.15) is 0 Å². The molecule has 1 rings (SSSR count). The van der Waals surface area contributed by atoms with E-state index in [1.54, 1.807) is 21.3 Å². The van der Waals surface area contributed by atoms with Gasteiger partial charge in [0.05, 0.1) is 47.8 Å². The number of benzene rings is 1. The van der Waals surface area contributed by atoms with Gasteiger partial charge in [-0.1, -0.05) is 0 Å². The van der Waals surface area contributed by atoms with Crippen LogP contribution in [0.25, 0.3) is 0 Å². The third kappa shape index (κ3) is 4.88. The second-order valence-electron chi connectivity index (χ2n) is 3.99. The van der Waals surface area contributed by atoms with Crippen LogP contribution in [-0.4, -0.2) is 47.7 Å². The minimum atomic E-state index is 0.447. The minimum Gasteiger partial charge on any atom is -0.493 e. The summed E-state index contributed by atoms with van der Waals surface area (Å²) >= 11 is 0. The maximum Gasteiger partial charge on any atom is 0.203 e. The van der Waals surface area contributed by atoms with E-state index in [2.05, 4.69) is 0 Å². The number of hydrogen-bond donors (Lipinski definition) is 1. The monoisotopic (exact) mass is 285 g/mol. The smallest absolute Gasteiger partial charge is 0.203 e. The lowest BCUT2D eigenvalue weighted by molar-refractivity contribution is 0.0432. The lowest BCUT2D eigenvalue weighted by Crippen LogP contribution is -2.12. The fourth-order valence-corrected chi connectivity index (χ4v) is 1.71. The van der Waals surface area contributed by atoms with Crippen LogP contribution < -0.4 is 19.9 Å². The molecule has 0 saturated heterocycles. The molecule has 0 aliphatic rings. The first-order chi connectivity index (χ1) is 9.76. The van der Waals surface area contributed by atoms with E-state index < -0.39 is 0 Å². The highest BCUT2D eigenvalue weighted by molar-refractivity contribution is 5.53. The molecule has 1 aromatic rings. The third-order valence-electron chi connectivity index (χ3n) is 2.63. The molecule has 0 bridgehead atoms. The van der Waals surface area contributed by atoms with Gasteiger partial charge in [0.15, 0.2) is 11.5 Å². The van der Waals surface area contributed by atoms with E-state index in [0.717, 1.165) is 5.56 Å². The van der Waals surface area contributed by atoms with Crippen molar-refractivity contribution in [3.63, 3.8) is 0 Å². The largest absolute Gasteiger partial charge is 0.493 e. The molecule has 0 fully saturated rings. The first kappa shape index (κ1) is 16.6. The van der Waals surface area contributed by atoms with Crippen LogP contribution in [0.4, 0.5) is 0 Å². The first-order valence-electron chi connectivity index (χ1n) is 6.41. The van der Waals surface area contributed by atoms with Crippen LogP contribution >= 0.6 is 0 Å². The Bertz CT molecular complexity index is 372. The van der Waals surface area contributed by atoms with Crippen molar-refractivity contribution < 1.29 is 23.7 Å². The van der Waals surface area contributed by atoms with Gasteiger partial charge in [0.1, 0.15) is 0 Å². The van der Waals surface area contributed by atoms with Gasteiger partial charge in [-0.25, -0.2) is 0 Å². The normalized spacial score (nSPS) is 10.4. The molecular weight excluding hydrogens is 262 g/mol. The van der Waals surface area contributed by atoms with E-state index in [1.165, 1.54) is 0 Å². The molecule has 0 amide bonds. The van der Waals surface area contributed by atoms with Crippen LogP contribution in [-0.2, 0) is 16.1 Å². The molecule has 0 unspecified atom stereocenters. The molecule has 6 nitrogen and oxygen atoms in total. The van der Waals surface area contributed by atoms with Crippen molar-refractivity contribution in [3.8, 4) is 17.2 Å². The second-order valence-corrected chi connectivity index (χ2v) is 3.99. The summed E-state index contributed by atoms with van der Waals surface area (Å²) in [5, 5.41) is 0. The Morgan fingerprint density at radius 3 is 1.95 bits per heavy atom. The zero-order valence-electron chi connectivity index (χ0n) is 12.3. The van der Waals surface area contributed by atoms with E-state index in [1.807, 2.05) is 12.1 Å². The quantitative estimate of drug-likeness (QED) is 0.651. The maximum absolute atomic E-state index is 5.52. The predicted molar refractivity (Wildman–Crippen MR) is 75.6 cm³/mol. The van der Waals surface area contributed by atoms with Crippen molar-refractivity contribution in [1.82, 2.24) is 0 Å². The number of hydrogen-bond acceptors (Lipinski definition) is 6. The number of ether oxygens (including phenoxy) is 5. The molecule has 0 aromatic heterocycles. The van der Waals surface area contributed by atoms with Crippen LogP contribution in [0, 0.1) is 0 Å². The highest BCUT2D eigenvalue weighted by atomic mass is 16.5. The Kier molecular flexibility index (Phi) is 7.79. The van der Waals surface area contributed by atoms with Gasteiger partial charge in [0.25, 0.3) is 0 Å². The summed E-state index contributed by atoms with van der Waals surface area (Å²) in [6.45, 7) is 2.56. The fourth-order valence-electron chi connectivity index (χ4n) is 1.71. The summed E-state index contributed by atoms with van der Waals surface area (Å²) in [6, 6.07) is 3.73. The molecular formula is C14H23NO5. The highest BCUT2D eigenvalue weighted by Gasteiger charge is 2.12. The van der Waals surface area contributed by atoms with Gasteiger partial charge in [0, 0.05) is 6.54 Å². The number of methoxy groups -OCH3 is 3. The zero-order valence-corrected chi connectivity index (χ0v) is 12.3. The number of nitrogens with two attached hydrogens (primary N) is 1. The van der Waals surface area contributed by atoms with Crippen LogP contribution in [0.5, 0.6) is 17.2 Å². The van der Waals surface area contributed by atoms with Gasteiger partial charge in [-0.15, -0.1) is 0 Å². The predicted octanol–water partition coefficient (Wildman–Crippen LogP) is 1.20. The summed E-state index contributed by atoms with van der Waals surface area (Å²) in [4.78, 5) is 0. The second kappa shape index (κ2) is 9.41. The summed E-state index contributed by atoms with van der Waals surface area (Å²) in [7, 11) is 4.75. The van der Waals surface area contributed by atoms with Crippen LogP contribution in [0.3, 0.4) is 0 Å². The molecule has 114 valence electrons. The van der Waals surface area contributed by atoms with Crippen molar-refractivity contribution in [2.75, 3.05) is 47.7 Å². The van der Waals surface area contributed by atoms with Gasteiger partial charge < -0.3 is 29.4 Å². The van der Waals surface area contributed by atoms with Gasteiger partial charge >= 0.3 is 0 Å². The van der Waals surface area contributed by atoms with Crippen molar-refractivity contribution in [2.24, 2.45) is 5.73 Å². The molecule has 0 heterocycles. The average Bonchev–Trinajstić information content (AvgIpc) is 2.49. The summed E-state index contributed by atoms with van der Waals surface area (Å²) < 4.78 is 26.6. The Labute approximate surface area is 119 Å². The lowest BCUT2D eigenvalue weighted by Gasteiger charge is -2.14. The average molecular weight is 285 g/mol. The maximum atomic E-state index is 5.52. The first-order valence-corrected chi connectivity index (χ1v) is 6.41. The van der Waals surface area contributed by atoms with E-state index in [0.29, 0.717) is 50.2 Å². The van der Waals surface area contributed by atoms with Crippen molar-refractivity contribution >= 4 is 0 Å². The molecule has 6 heteroatoms. The summed E-state index contributed by atoms with van der Waals surface area (Å²) in [5.41, 5.74) is 6.26. The van der Waals surface area contributed by atoms with Gasteiger partial charge in [0.2, 0.25) is 5.75 Å². The minimum absolute atomic E-state index is 0.447. The molecule has 0 radical (unpaired) electrons. The third-order valence-corrected chi connectivity index (χ3v) is 2.63. The molecule has 0 spiro atoms. The van der Waals surface area contributed by atoms with E-state index >= 15 is 0 Å². The van der Waals surface area contributed by atoms with Crippen molar-refractivity contribution in [3.05, 3.63) is 17.7 Å². The number of rotatable bonds is 10. The molecule has 0 atom stereocenters. The molecule has 20 heavy (non-hydrogen) atoms. The Hall–Kier alpha value is -1.50. The van der Waals surface area contributed by atoms with Gasteiger partial charge in [-0.05, 0) is 17.7 Å². The van der Waals surface area contributed by atoms with Crippen LogP contribution in [0.1, 0.15) is 5.56 Å². The van der Waals surface area contributed by atoms with Crippen molar-refractivity contribution in [1.29, 1.82) is 0 Å². The Morgan fingerprint density at radius 1 is 0.850 bits per heavy atom. The standard InChI is InChI=1S/C14H23NO5/c1-16-12-8-11(9-13(17-2)14(12)18-3)10-20-7-6-19-5-4-15/h8-9H,4-7,10,15H2,1-3H3. The Balaban J connectivity index is 2.57. The Morgan fingerprint density at radius 2 is 1.45 bits per heavy atom. The summed E-state index contributed by atoms with van der Waals surface area (Å²) in [5.74, 6) is 1.81. The molecule has 1 aromatic carbocycles. The topological polar surface area (TPSA) is 72.2 Å². The van der Waals surface area contributed by atoms with Crippen LogP contribution in [0.2, 0.25) is 0 Å². The SMILES string of the molecule is COc1cc(COCCOCCN)cc(OC)c1OC.